The highest BCUT2D eigenvalue weighted by Gasteiger charge is 2.44. The Morgan fingerprint density at radius 3 is 1.97 bits per heavy atom. The molecule has 1 unspecified atom stereocenters. The van der Waals surface area contributed by atoms with E-state index in [-0.39, 0.29) is 82.5 Å². The Hall–Kier alpha value is -6.99. The number of aliphatic hydroxyl groups excluding tert-OH is 1. The van der Waals surface area contributed by atoms with Crippen LogP contribution in [0.25, 0.3) is 0 Å². The van der Waals surface area contributed by atoms with Crippen molar-refractivity contribution in [2.24, 2.45) is 23.7 Å². The van der Waals surface area contributed by atoms with Gasteiger partial charge in [0.2, 0.25) is 35.6 Å². The fraction of sp³-hybridized carbons (Fsp3) is 0.646. The van der Waals surface area contributed by atoms with Gasteiger partial charge in [0.1, 0.15) is 12.1 Å². The van der Waals surface area contributed by atoms with Crippen molar-refractivity contribution in [1.29, 1.82) is 0 Å². The molecule has 2 heterocycles. The van der Waals surface area contributed by atoms with Gasteiger partial charge in [0.25, 0.3) is 17.7 Å². The summed E-state index contributed by atoms with van der Waals surface area (Å²) in [5.41, 5.74) is 1.84. The number of nitrogens with one attached hydrogen (secondary N) is 4. The van der Waals surface area contributed by atoms with Crippen LogP contribution in [0, 0.1) is 23.7 Å². The summed E-state index contributed by atoms with van der Waals surface area (Å²) < 4.78 is 29.4. The molecule has 2 aromatic carbocycles. The van der Waals surface area contributed by atoms with E-state index < -0.39 is 108 Å². The summed E-state index contributed by atoms with van der Waals surface area (Å²) >= 11 is 0. The lowest BCUT2D eigenvalue weighted by Crippen LogP contribution is -2.60. The number of nitrogens with zero attached hydrogens (tertiary/aromatic N) is 5. The summed E-state index contributed by atoms with van der Waals surface area (Å²) in [7, 11) is 7.62. The number of aliphatic hydroxyl groups is 1. The predicted octanol–water partition coefficient (Wildman–Crippen LogP) is 4.86. The first-order valence-corrected chi connectivity index (χ1v) is 31.3. The van der Waals surface area contributed by atoms with Gasteiger partial charge in [0, 0.05) is 97.9 Å². The van der Waals surface area contributed by atoms with Crippen LogP contribution in [0.2, 0.25) is 0 Å². The Labute approximate surface area is 526 Å². The van der Waals surface area contributed by atoms with E-state index >= 15 is 0 Å². The molecule has 0 aliphatic carbocycles. The van der Waals surface area contributed by atoms with E-state index in [2.05, 4.69) is 21.3 Å². The van der Waals surface area contributed by atoms with Crippen LogP contribution in [0.1, 0.15) is 124 Å². The van der Waals surface area contributed by atoms with E-state index in [0.29, 0.717) is 49.9 Å². The standard InChI is InChI=1S/C65H101N9O15/c1-15-43(7)57(50(85-13)40-54(78)73-33-20-24-49(73)59(86-14)44(8)61(80)68-45(9)58(79)46-22-18-17-19-23-46)71(11)63(82)55(41(3)4)69-62(81)56(42(5)6)72(12)65(84)89-60(47-26-28-48(29-27-47)66-16-2)64(83)70(10)35-37-88-39-38-87-36-32-67-51(75)25-21-34-74-52(76)30-31-53(74)77/h17-19,22-23,26-31,41-45,49-50,55-60,66,79H,15-16,20-21,24-25,32-40H2,1-14H3,(H,67,75)(H,68,80)(H,69,81)/t43-,44+,45+,49-,50+,55-,56-,57-,58+,59+,60?/m0/s1. The molecule has 0 spiro atoms. The fourth-order valence-electron chi connectivity index (χ4n) is 11.3. The number of methoxy groups -OCH3 is 2. The minimum Gasteiger partial charge on any atom is -0.431 e. The Morgan fingerprint density at radius 1 is 0.742 bits per heavy atom. The first kappa shape index (κ1) is 74.5. The third-order valence-corrected chi connectivity index (χ3v) is 16.7. The van der Waals surface area contributed by atoms with Gasteiger partial charge in [-0.3, -0.25) is 48.2 Å². The SMILES string of the molecule is CCNc1ccc(C(OC(=O)N(C)[C@H](C(=O)N[C@H](C(=O)N(C)[C@@H]([C@@H](C)CC)[C@@H](CC(=O)N2CCC[C@H]2[C@H](OC)[C@@H](C)C(=O)N[C@H](C)[C@@H](O)c2ccccc2)OC)C(C)C)C(C)C)C(=O)N(C)CCOCCOCCNC(=O)CCCN2C(=O)C=CC2=O)cc1. The molecule has 4 rings (SSSR count). The zero-order valence-corrected chi connectivity index (χ0v) is 54.9. The molecule has 0 saturated carbocycles. The maximum Gasteiger partial charge on any atom is 0.411 e. The van der Waals surface area contributed by atoms with Crippen molar-refractivity contribution >= 4 is 59.0 Å². The Kier molecular flexibility index (Phi) is 31.2. The molecular formula is C65H101N9O15. The van der Waals surface area contributed by atoms with Crippen molar-refractivity contribution in [2.75, 3.05) is 99.8 Å². The van der Waals surface area contributed by atoms with E-state index in [1.807, 2.05) is 39.0 Å². The van der Waals surface area contributed by atoms with Crippen molar-refractivity contribution in [3.05, 3.63) is 77.9 Å². The molecule has 2 aliphatic heterocycles. The molecule has 9 amide bonds. The number of amides is 9. The van der Waals surface area contributed by atoms with Crippen LogP contribution in [-0.4, -0.2) is 220 Å². The lowest BCUT2D eigenvalue weighted by molar-refractivity contribution is -0.148. The van der Waals surface area contributed by atoms with Crippen LogP contribution in [-0.2, 0) is 62.0 Å². The number of hydrogen-bond donors (Lipinski definition) is 5. The second-order valence-electron chi connectivity index (χ2n) is 23.8. The minimum absolute atomic E-state index is 0.0928. The Balaban J connectivity index is 1.39. The molecule has 0 bridgehead atoms. The third-order valence-electron chi connectivity index (χ3n) is 16.7. The van der Waals surface area contributed by atoms with Crippen LogP contribution >= 0.6 is 0 Å². The number of anilines is 1. The van der Waals surface area contributed by atoms with E-state index in [0.717, 1.165) is 15.5 Å². The number of hydrogen-bond acceptors (Lipinski definition) is 16. The third kappa shape index (κ3) is 21.6. The number of likely N-dealkylation sites (tertiary alicyclic amines) is 1. The quantitative estimate of drug-likeness (QED) is 0.0443. The largest absolute Gasteiger partial charge is 0.431 e. The van der Waals surface area contributed by atoms with E-state index in [9.17, 15) is 48.3 Å². The van der Waals surface area contributed by atoms with Gasteiger partial charge < -0.3 is 64.8 Å². The molecule has 0 radical (unpaired) electrons. The molecule has 1 fully saturated rings. The van der Waals surface area contributed by atoms with Gasteiger partial charge in [-0.2, -0.15) is 0 Å². The number of benzene rings is 2. The molecule has 24 heteroatoms. The lowest BCUT2D eigenvalue weighted by atomic mass is 9.89. The van der Waals surface area contributed by atoms with Gasteiger partial charge in [-0.1, -0.05) is 97.4 Å². The van der Waals surface area contributed by atoms with Gasteiger partial charge >= 0.3 is 6.09 Å². The summed E-state index contributed by atoms with van der Waals surface area (Å²) in [6.07, 6.45) is -0.0940. The summed E-state index contributed by atoms with van der Waals surface area (Å²) in [5.74, 6) is -4.99. The highest BCUT2D eigenvalue weighted by Crippen LogP contribution is 2.31. The minimum atomic E-state index is -1.43. The molecule has 5 N–H and O–H groups in total. The van der Waals surface area contributed by atoms with Crippen molar-refractivity contribution < 1.29 is 71.9 Å². The summed E-state index contributed by atoms with van der Waals surface area (Å²) in [4.78, 5) is 129. The lowest BCUT2D eigenvalue weighted by Gasteiger charge is -2.41. The van der Waals surface area contributed by atoms with Crippen molar-refractivity contribution in [3.63, 3.8) is 0 Å². The summed E-state index contributed by atoms with van der Waals surface area (Å²) in [6.45, 7) is 18.8. The maximum absolute atomic E-state index is 14.9. The average Bonchev–Trinajstić information content (AvgIpc) is 4.09. The number of carbonyl (C=O) groups excluding carboxylic acids is 9. The van der Waals surface area contributed by atoms with E-state index in [4.69, 9.17) is 23.7 Å². The summed E-state index contributed by atoms with van der Waals surface area (Å²) in [6, 6.07) is 12.0. The highest BCUT2D eigenvalue weighted by molar-refractivity contribution is 6.12. The van der Waals surface area contributed by atoms with Gasteiger partial charge in [0.05, 0.1) is 75.2 Å². The topological polar surface area (TPSA) is 284 Å². The molecule has 89 heavy (non-hydrogen) atoms. The Morgan fingerprint density at radius 2 is 1.38 bits per heavy atom. The zero-order valence-electron chi connectivity index (χ0n) is 54.9. The zero-order chi connectivity index (χ0) is 66.1. The first-order chi connectivity index (χ1) is 42.3. The highest BCUT2D eigenvalue weighted by atomic mass is 16.6. The molecule has 0 aromatic heterocycles. The molecule has 496 valence electrons. The average molecular weight is 1250 g/mol. The molecule has 24 nitrogen and oxygen atoms in total. The smallest absolute Gasteiger partial charge is 0.411 e. The molecule has 2 aromatic rings. The number of carbonyl (C=O) groups is 9. The van der Waals surface area contributed by atoms with Crippen LogP contribution in [0.5, 0.6) is 0 Å². The van der Waals surface area contributed by atoms with Gasteiger partial charge in [-0.05, 0) is 68.6 Å². The van der Waals surface area contributed by atoms with Crippen LogP contribution in [0.15, 0.2) is 66.7 Å². The monoisotopic (exact) mass is 1250 g/mol. The van der Waals surface area contributed by atoms with Crippen molar-refractivity contribution in [1.82, 2.24) is 40.4 Å². The van der Waals surface area contributed by atoms with Crippen molar-refractivity contribution in [2.45, 2.75) is 155 Å². The number of likely N-dealkylation sites (N-methyl/N-ethyl adjacent to an activating group) is 3. The van der Waals surface area contributed by atoms with Gasteiger partial charge in [0.15, 0.2) is 0 Å². The number of rotatable bonds is 38. The molecule has 1 saturated heterocycles. The number of ether oxygens (including phenoxy) is 5. The fourth-order valence-corrected chi connectivity index (χ4v) is 11.3. The predicted molar refractivity (Wildman–Crippen MR) is 335 cm³/mol. The van der Waals surface area contributed by atoms with Crippen LogP contribution in [0.3, 0.4) is 0 Å². The molecule has 2 aliphatic rings. The van der Waals surface area contributed by atoms with E-state index in [1.54, 1.807) is 102 Å². The van der Waals surface area contributed by atoms with Gasteiger partial charge in [-0.15, -0.1) is 0 Å². The second-order valence-corrected chi connectivity index (χ2v) is 23.8. The molecular weight excluding hydrogens is 1150 g/mol. The van der Waals surface area contributed by atoms with Crippen molar-refractivity contribution in [3.8, 4) is 0 Å². The Bertz CT molecular complexity index is 2630. The molecule has 11 atom stereocenters. The maximum atomic E-state index is 14.9. The van der Waals surface area contributed by atoms with E-state index in [1.165, 1.54) is 38.3 Å². The normalized spacial score (nSPS) is 17.4. The first-order valence-electron chi connectivity index (χ1n) is 31.3. The summed E-state index contributed by atoms with van der Waals surface area (Å²) in [5, 5.41) is 22.8. The second kappa shape index (κ2) is 37.2. The number of imide groups is 1. The van der Waals surface area contributed by atoms with Gasteiger partial charge in [-0.25, -0.2) is 4.79 Å². The van der Waals surface area contributed by atoms with Crippen LogP contribution in [0.4, 0.5) is 10.5 Å². The van der Waals surface area contributed by atoms with Crippen LogP contribution < -0.4 is 21.3 Å².